The van der Waals surface area contributed by atoms with Crippen molar-refractivity contribution in [2.24, 2.45) is 0 Å². The maximum absolute atomic E-state index is 12.5. The lowest BCUT2D eigenvalue weighted by molar-refractivity contribution is -0.115. The van der Waals surface area contributed by atoms with E-state index in [9.17, 15) is 13.2 Å². The van der Waals surface area contributed by atoms with E-state index in [-0.39, 0.29) is 15.4 Å². The zero-order valence-electron chi connectivity index (χ0n) is 16.3. The van der Waals surface area contributed by atoms with Gasteiger partial charge in [-0.05, 0) is 73.7 Å². The quantitative estimate of drug-likeness (QED) is 0.484. The molecule has 2 aromatic carbocycles. The van der Waals surface area contributed by atoms with Crippen molar-refractivity contribution in [2.45, 2.75) is 35.1 Å². The van der Waals surface area contributed by atoms with Gasteiger partial charge in [0, 0.05) is 16.3 Å². The van der Waals surface area contributed by atoms with Gasteiger partial charge in [0.1, 0.15) is 4.21 Å². The summed E-state index contributed by atoms with van der Waals surface area (Å²) in [5.41, 5.74) is 3.41. The third-order valence-electron chi connectivity index (χ3n) is 4.20. The smallest absolute Gasteiger partial charge is 0.271 e. The van der Waals surface area contributed by atoms with Crippen LogP contribution in [0.2, 0.25) is 0 Å². The number of sulfonamides is 1. The number of benzene rings is 2. The van der Waals surface area contributed by atoms with Gasteiger partial charge >= 0.3 is 0 Å². The number of carbonyl (C=O) groups excluding carboxylic acids is 1. The summed E-state index contributed by atoms with van der Waals surface area (Å²) in [6.45, 7) is 5.79. The van der Waals surface area contributed by atoms with Crippen LogP contribution in [0.15, 0.2) is 69.1 Å². The molecule has 8 heteroatoms. The number of anilines is 2. The van der Waals surface area contributed by atoms with Crippen molar-refractivity contribution in [1.29, 1.82) is 0 Å². The molecule has 0 aliphatic carbocycles. The SMILES string of the molecule is Cc1ccc(C)c(NC(=O)C(C)Sc2ccc(NS(=O)(=O)c3cccs3)cc2)c1. The molecule has 0 spiro atoms. The first-order chi connectivity index (χ1) is 13.7. The Kier molecular flexibility index (Phi) is 6.66. The van der Waals surface area contributed by atoms with Crippen LogP contribution in [-0.2, 0) is 14.8 Å². The summed E-state index contributed by atoms with van der Waals surface area (Å²) in [5.74, 6) is -0.0776. The van der Waals surface area contributed by atoms with Crippen molar-refractivity contribution in [3.8, 4) is 0 Å². The van der Waals surface area contributed by atoms with Crippen LogP contribution < -0.4 is 10.0 Å². The highest BCUT2D eigenvalue weighted by Crippen LogP contribution is 2.27. The van der Waals surface area contributed by atoms with E-state index in [0.29, 0.717) is 5.69 Å². The number of thioether (sulfide) groups is 1. The monoisotopic (exact) mass is 446 g/mol. The molecule has 2 N–H and O–H groups in total. The molecule has 5 nitrogen and oxygen atoms in total. The Bertz CT molecular complexity index is 1090. The third-order valence-corrected chi connectivity index (χ3v) is 8.09. The molecule has 1 amide bonds. The number of carbonyl (C=O) groups is 1. The summed E-state index contributed by atoms with van der Waals surface area (Å²) >= 11 is 2.59. The van der Waals surface area contributed by atoms with Gasteiger partial charge < -0.3 is 5.32 Å². The third kappa shape index (κ3) is 5.62. The number of nitrogens with one attached hydrogen (secondary N) is 2. The number of hydrogen-bond donors (Lipinski definition) is 2. The number of thiophene rings is 1. The maximum atomic E-state index is 12.5. The molecule has 0 bridgehead atoms. The van der Waals surface area contributed by atoms with Crippen LogP contribution in [0.25, 0.3) is 0 Å². The molecule has 3 rings (SSSR count). The highest BCUT2D eigenvalue weighted by Gasteiger charge is 2.17. The van der Waals surface area contributed by atoms with E-state index in [1.807, 2.05) is 39.0 Å². The van der Waals surface area contributed by atoms with Crippen LogP contribution >= 0.6 is 23.1 Å². The zero-order valence-corrected chi connectivity index (χ0v) is 18.7. The van der Waals surface area contributed by atoms with Crippen molar-refractivity contribution >= 4 is 50.4 Å². The fraction of sp³-hybridized carbons (Fsp3) is 0.190. The Morgan fingerprint density at radius 2 is 1.79 bits per heavy atom. The van der Waals surface area contributed by atoms with Gasteiger partial charge in [0.2, 0.25) is 5.91 Å². The molecule has 0 fully saturated rings. The van der Waals surface area contributed by atoms with Gasteiger partial charge in [0.05, 0.1) is 5.25 Å². The average molecular weight is 447 g/mol. The minimum absolute atomic E-state index is 0.0776. The topological polar surface area (TPSA) is 75.3 Å². The highest BCUT2D eigenvalue weighted by molar-refractivity contribution is 8.00. The molecular weight excluding hydrogens is 424 g/mol. The van der Waals surface area contributed by atoms with Crippen molar-refractivity contribution in [3.63, 3.8) is 0 Å². The second-order valence-electron chi connectivity index (χ2n) is 6.63. The Hall–Kier alpha value is -2.29. The minimum atomic E-state index is -3.56. The lowest BCUT2D eigenvalue weighted by Gasteiger charge is -2.14. The van der Waals surface area contributed by atoms with Crippen LogP contribution in [0.4, 0.5) is 11.4 Å². The molecular formula is C21H22N2O3S3. The highest BCUT2D eigenvalue weighted by atomic mass is 32.2. The first-order valence-corrected chi connectivity index (χ1v) is 12.2. The standard InChI is InChI=1S/C21H22N2O3S3/c1-14-6-7-15(2)19(13-14)22-21(24)16(3)28-18-10-8-17(9-11-18)23-29(25,26)20-5-4-12-27-20/h4-13,16,23H,1-3H3,(H,22,24). The summed E-state index contributed by atoms with van der Waals surface area (Å²) in [7, 11) is -3.56. The second kappa shape index (κ2) is 9.02. The van der Waals surface area contributed by atoms with Crippen LogP contribution in [0, 0.1) is 13.8 Å². The molecule has 0 saturated heterocycles. The van der Waals surface area contributed by atoms with Gasteiger partial charge in [0.25, 0.3) is 10.0 Å². The summed E-state index contributed by atoms with van der Waals surface area (Å²) in [6.07, 6.45) is 0. The average Bonchev–Trinajstić information content (AvgIpc) is 3.22. The van der Waals surface area contributed by atoms with Gasteiger partial charge in [-0.3, -0.25) is 9.52 Å². The van der Waals surface area contributed by atoms with Crippen LogP contribution in [-0.4, -0.2) is 19.6 Å². The lowest BCUT2D eigenvalue weighted by atomic mass is 10.1. The maximum Gasteiger partial charge on any atom is 0.271 e. The van der Waals surface area contributed by atoms with E-state index in [4.69, 9.17) is 0 Å². The van der Waals surface area contributed by atoms with Crippen molar-refractivity contribution in [3.05, 3.63) is 71.1 Å². The van der Waals surface area contributed by atoms with E-state index < -0.39 is 10.0 Å². The molecule has 1 unspecified atom stereocenters. The van der Waals surface area contributed by atoms with E-state index in [0.717, 1.165) is 21.7 Å². The van der Waals surface area contributed by atoms with E-state index in [2.05, 4.69) is 10.0 Å². The second-order valence-corrected chi connectivity index (χ2v) is 10.9. The Labute approximate surface area is 179 Å². The fourth-order valence-corrected chi connectivity index (χ4v) is 5.50. The van der Waals surface area contributed by atoms with E-state index >= 15 is 0 Å². The van der Waals surface area contributed by atoms with E-state index in [1.54, 1.807) is 41.8 Å². The van der Waals surface area contributed by atoms with Gasteiger partial charge in [-0.25, -0.2) is 8.42 Å². The molecule has 1 aromatic heterocycles. The Balaban J connectivity index is 1.61. The van der Waals surface area contributed by atoms with Crippen LogP contribution in [0.5, 0.6) is 0 Å². The number of amides is 1. The summed E-state index contributed by atoms with van der Waals surface area (Å²) in [6, 6.07) is 16.2. The van der Waals surface area contributed by atoms with Crippen LogP contribution in [0.3, 0.4) is 0 Å². The molecule has 0 radical (unpaired) electrons. The number of hydrogen-bond acceptors (Lipinski definition) is 5. The first kappa shape index (κ1) is 21.4. The molecule has 29 heavy (non-hydrogen) atoms. The molecule has 152 valence electrons. The van der Waals surface area contributed by atoms with Gasteiger partial charge in [0.15, 0.2) is 0 Å². The van der Waals surface area contributed by atoms with E-state index in [1.165, 1.54) is 23.1 Å². The minimum Gasteiger partial charge on any atom is -0.325 e. The Morgan fingerprint density at radius 1 is 1.07 bits per heavy atom. The predicted octanol–water partition coefficient (Wildman–Crippen LogP) is 5.29. The number of rotatable bonds is 7. The predicted molar refractivity (Wildman–Crippen MR) is 121 cm³/mol. The molecule has 0 aliphatic heterocycles. The molecule has 1 heterocycles. The summed E-state index contributed by atoms with van der Waals surface area (Å²) < 4.78 is 27.4. The van der Waals surface area contributed by atoms with Gasteiger partial charge in [-0.1, -0.05) is 18.2 Å². The molecule has 3 aromatic rings. The Morgan fingerprint density at radius 3 is 2.45 bits per heavy atom. The largest absolute Gasteiger partial charge is 0.325 e. The normalized spacial score (nSPS) is 12.4. The fourth-order valence-electron chi connectivity index (χ4n) is 2.59. The zero-order chi connectivity index (χ0) is 21.0. The number of aryl methyl sites for hydroxylation is 2. The van der Waals surface area contributed by atoms with Crippen molar-refractivity contribution < 1.29 is 13.2 Å². The van der Waals surface area contributed by atoms with Crippen molar-refractivity contribution in [1.82, 2.24) is 0 Å². The lowest BCUT2D eigenvalue weighted by Crippen LogP contribution is -2.22. The molecule has 1 atom stereocenters. The first-order valence-electron chi connectivity index (χ1n) is 8.96. The van der Waals surface area contributed by atoms with Gasteiger partial charge in [-0.2, -0.15) is 0 Å². The molecule has 0 saturated carbocycles. The van der Waals surface area contributed by atoms with Gasteiger partial charge in [-0.15, -0.1) is 23.1 Å². The summed E-state index contributed by atoms with van der Waals surface area (Å²) in [4.78, 5) is 13.4. The van der Waals surface area contributed by atoms with Crippen molar-refractivity contribution in [2.75, 3.05) is 10.0 Å². The van der Waals surface area contributed by atoms with Crippen LogP contribution in [0.1, 0.15) is 18.1 Å². The summed E-state index contributed by atoms with van der Waals surface area (Å²) in [5, 5.41) is 4.40. The molecule has 0 aliphatic rings.